The Bertz CT molecular complexity index is 681. The summed E-state index contributed by atoms with van der Waals surface area (Å²) in [4.78, 5) is 0. The monoisotopic (exact) mass is 380 g/mol. The fourth-order valence-electron chi connectivity index (χ4n) is 4.59. The van der Waals surface area contributed by atoms with Crippen molar-refractivity contribution < 1.29 is 9.13 Å². The highest BCUT2D eigenvalue weighted by Crippen LogP contribution is 2.46. The van der Waals surface area contributed by atoms with E-state index in [0.717, 1.165) is 37.7 Å². The van der Waals surface area contributed by atoms with Crippen LogP contribution in [0.25, 0.3) is 5.83 Å². The average Bonchev–Trinajstić information content (AvgIpc) is 2.63. The zero-order valence-electron chi connectivity index (χ0n) is 15.9. The van der Waals surface area contributed by atoms with Crippen molar-refractivity contribution in [1.29, 1.82) is 0 Å². The van der Waals surface area contributed by atoms with Crippen LogP contribution < -0.4 is 15.8 Å². The van der Waals surface area contributed by atoms with Gasteiger partial charge in [0, 0.05) is 24.4 Å². The molecule has 2 aliphatic rings. The van der Waals surface area contributed by atoms with E-state index in [1.54, 1.807) is 12.1 Å². The summed E-state index contributed by atoms with van der Waals surface area (Å²) in [7, 11) is 0. The second-order valence-corrected chi connectivity index (χ2v) is 8.44. The molecule has 144 valence electrons. The number of hydrogen-bond donors (Lipinski definition) is 2. The SMILES string of the molecule is CC[C@H](N)[C@]1(C(C)C)CC[C@@H](Oc2cc3c(cc2Cl)CNC=C3F)CC1. The fraction of sp³-hybridized carbons (Fsp3) is 0.619. The maximum absolute atomic E-state index is 14.1. The molecule has 0 unspecified atom stereocenters. The standard InChI is InChI=1S/C21H30ClFN2O/c1-4-20(24)21(13(2)3)7-5-15(6-8-21)26-19-10-16-14(9-17(19)22)11-25-12-18(16)23/h9-10,12-13,15,20,25H,4-8,11,24H2,1-3H3/t15-,20-,21-/m0/s1. The lowest BCUT2D eigenvalue weighted by Crippen LogP contribution is -2.48. The van der Waals surface area contributed by atoms with Crippen LogP contribution in [0.5, 0.6) is 5.75 Å². The van der Waals surface area contributed by atoms with Crippen molar-refractivity contribution in [3.05, 3.63) is 34.5 Å². The van der Waals surface area contributed by atoms with Gasteiger partial charge in [0.1, 0.15) is 11.6 Å². The van der Waals surface area contributed by atoms with Gasteiger partial charge in [-0.1, -0.05) is 32.4 Å². The first kappa shape index (κ1) is 19.5. The summed E-state index contributed by atoms with van der Waals surface area (Å²) in [5.74, 6) is 0.860. The summed E-state index contributed by atoms with van der Waals surface area (Å²) in [5, 5.41) is 3.45. The van der Waals surface area contributed by atoms with E-state index in [1.165, 1.54) is 6.20 Å². The van der Waals surface area contributed by atoms with Crippen molar-refractivity contribution in [1.82, 2.24) is 5.32 Å². The third kappa shape index (κ3) is 3.59. The molecule has 3 rings (SSSR count). The lowest BCUT2D eigenvalue weighted by molar-refractivity contribution is 0.0256. The van der Waals surface area contributed by atoms with Crippen molar-refractivity contribution in [2.45, 2.75) is 71.6 Å². The van der Waals surface area contributed by atoms with E-state index in [0.29, 0.717) is 28.8 Å². The molecule has 1 fully saturated rings. The first-order valence-corrected chi connectivity index (χ1v) is 10.1. The number of rotatable bonds is 5. The van der Waals surface area contributed by atoms with Crippen molar-refractivity contribution in [3.8, 4) is 5.75 Å². The van der Waals surface area contributed by atoms with Gasteiger partial charge in [-0.25, -0.2) is 4.39 Å². The molecule has 0 bridgehead atoms. The topological polar surface area (TPSA) is 47.3 Å². The van der Waals surface area contributed by atoms with Gasteiger partial charge in [-0.3, -0.25) is 0 Å². The molecule has 3 N–H and O–H groups in total. The van der Waals surface area contributed by atoms with Gasteiger partial charge in [0.05, 0.1) is 11.1 Å². The second kappa shape index (κ2) is 7.77. The summed E-state index contributed by atoms with van der Waals surface area (Å²) in [6.45, 7) is 7.31. The normalized spacial score (nSPS) is 26.7. The van der Waals surface area contributed by atoms with E-state index in [1.807, 2.05) is 0 Å². The molecule has 0 aromatic heterocycles. The minimum Gasteiger partial charge on any atom is -0.489 e. The zero-order chi connectivity index (χ0) is 18.9. The Hall–Kier alpha value is -1.26. The van der Waals surface area contributed by atoms with E-state index in [9.17, 15) is 4.39 Å². The molecule has 1 aliphatic carbocycles. The lowest BCUT2D eigenvalue weighted by atomic mass is 9.62. The Balaban J connectivity index is 1.72. The van der Waals surface area contributed by atoms with Crippen LogP contribution in [-0.4, -0.2) is 12.1 Å². The maximum atomic E-state index is 14.1. The van der Waals surface area contributed by atoms with Crippen LogP contribution in [0.15, 0.2) is 18.3 Å². The molecular weight excluding hydrogens is 351 g/mol. The summed E-state index contributed by atoms with van der Waals surface area (Å²) < 4.78 is 20.3. The molecule has 1 saturated carbocycles. The molecule has 1 heterocycles. The summed E-state index contributed by atoms with van der Waals surface area (Å²) in [5.41, 5.74) is 8.10. The molecule has 3 nitrogen and oxygen atoms in total. The largest absolute Gasteiger partial charge is 0.489 e. The quantitative estimate of drug-likeness (QED) is 0.717. The first-order valence-electron chi connectivity index (χ1n) is 9.71. The van der Waals surface area contributed by atoms with Crippen molar-refractivity contribution in [2.75, 3.05) is 0 Å². The van der Waals surface area contributed by atoms with E-state index < -0.39 is 0 Å². The molecule has 0 spiro atoms. The van der Waals surface area contributed by atoms with Crippen molar-refractivity contribution >= 4 is 17.4 Å². The van der Waals surface area contributed by atoms with Gasteiger partial charge in [0.25, 0.3) is 0 Å². The smallest absolute Gasteiger partial charge is 0.146 e. The van der Waals surface area contributed by atoms with E-state index in [-0.39, 0.29) is 23.4 Å². The minimum atomic E-state index is -0.274. The Labute approximate surface area is 161 Å². The Kier molecular flexibility index (Phi) is 5.83. The highest BCUT2D eigenvalue weighted by Gasteiger charge is 2.42. The lowest BCUT2D eigenvalue weighted by Gasteiger charge is -2.47. The van der Waals surface area contributed by atoms with Crippen LogP contribution in [0.3, 0.4) is 0 Å². The van der Waals surface area contributed by atoms with Crippen LogP contribution in [0, 0.1) is 11.3 Å². The third-order valence-electron chi connectivity index (χ3n) is 6.42. The Morgan fingerprint density at radius 1 is 1.35 bits per heavy atom. The van der Waals surface area contributed by atoms with Crippen LogP contribution in [-0.2, 0) is 6.54 Å². The van der Waals surface area contributed by atoms with Gasteiger partial charge < -0.3 is 15.8 Å². The molecular formula is C21H30ClFN2O. The molecule has 1 aromatic carbocycles. The second-order valence-electron chi connectivity index (χ2n) is 8.03. The van der Waals surface area contributed by atoms with Gasteiger partial charge in [-0.15, -0.1) is 0 Å². The van der Waals surface area contributed by atoms with E-state index in [2.05, 4.69) is 26.1 Å². The third-order valence-corrected chi connectivity index (χ3v) is 6.72. The van der Waals surface area contributed by atoms with Crippen LogP contribution in [0.2, 0.25) is 5.02 Å². The predicted octanol–water partition coefficient (Wildman–Crippen LogP) is 5.41. The molecule has 5 heteroatoms. The zero-order valence-corrected chi connectivity index (χ0v) is 16.7. The number of nitrogens with one attached hydrogen (secondary N) is 1. The highest BCUT2D eigenvalue weighted by atomic mass is 35.5. The number of halogens is 2. The molecule has 0 radical (unpaired) electrons. The van der Waals surface area contributed by atoms with Crippen molar-refractivity contribution in [2.24, 2.45) is 17.1 Å². The van der Waals surface area contributed by atoms with Gasteiger partial charge in [0.15, 0.2) is 0 Å². The number of benzene rings is 1. The van der Waals surface area contributed by atoms with E-state index in [4.69, 9.17) is 22.1 Å². The van der Waals surface area contributed by atoms with Gasteiger partial charge >= 0.3 is 0 Å². The summed E-state index contributed by atoms with van der Waals surface area (Å²) in [6, 6.07) is 3.77. The number of nitrogens with two attached hydrogens (primary N) is 1. The summed E-state index contributed by atoms with van der Waals surface area (Å²) >= 11 is 6.39. The van der Waals surface area contributed by atoms with Crippen molar-refractivity contribution in [3.63, 3.8) is 0 Å². The number of hydrogen-bond acceptors (Lipinski definition) is 3. The highest BCUT2D eigenvalue weighted by molar-refractivity contribution is 6.32. The van der Waals surface area contributed by atoms with Crippen LogP contribution in [0.4, 0.5) is 4.39 Å². The predicted molar refractivity (Wildman–Crippen MR) is 106 cm³/mol. The molecule has 26 heavy (non-hydrogen) atoms. The molecule has 1 aliphatic heterocycles. The van der Waals surface area contributed by atoms with Gasteiger partial charge in [-0.2, -0.15) is 0 Å². The van der Waals surface area contributed by atoms with E-state index >= 15 is 0 Å². The Morgan fingerprint density at radius 3 is 2.65 bits per heavy atom. The summed E-state index contributed by atoms with van der Waals surface area (Å²) in [6.07, 6.45) is 6.54. The molecule has 1 aromatic rings. The molecule has 0 amide bonds. The molecule has 1 atom stereocenters. The van der Waals surface area contributed by atoms with Crippen LogP contribution in [0.1, 0.15) is 64.0 Å². The maximum Gasteiger partial charge on any atom is 0.146 e. The van der Waals surface area contributed by atoms with Crippen LogP contribution >= 0.6 is 11.6 Å². The minimum absolute atomic E-state index is 0.107. The molecule has 0 saturated heterocycles. The Morgan fingerprint density at radius 2 is 2.04 bits per heavy atom. The first-order chi connectivity index (χ1) is 12.4. The number of fused-ring (bicyclic) bond motifs is 1. The average molecular weight is 381 g/mol. The number of ether oxygens (including phenoxy) is 1. The van der Waals surface area contributed by atoms with Gasteiger partial charge in [-0.05, 0) is 61.1 Å². The van der Waals surface area contributed by atoms with Gasteiger partial charge in [0.2, 0.25) is 0 Å². The fourth-order valence-corrected chi connectivity index (χ4v) is 4.82.